The summed E-state index contributed by atoms with van der Waals surface area (Å²) in [5.74, 6) is 2.19. The van der Waals surface area contributed by atoms with Crippen LogP contribution in [0.25, 0.3) is 66.8 Å². The largest absolute Gasteiger partial charge is 0.453 e. The molecule has 2 heteroatoms. The summed E-state index contributed by atoms with van der Waals surface area (Å²) in [6.45, 7) is 34.2. The number of nitrogens with zero attached hydrogens (tertiary/aromatic N) is 1. The maximum Gasteiger partial charge on any atom is 0.151 e. The number of ether oxygens (including phenoxy) is 1. The van der Waals surface area contributed by atoms with Crippen LogP contribution < -0.4 is 9.64 Å². The summed E-state index contributed by atoms with van der Waals surface area (Å²) in [6.07, 6.45) is 2.15. The van der Waals surface area contributed by atoms with Crippen molar-refractivity contribution in [3.05, 3.63) is 221 Å². The minimum absolute atomic E-state index is 0.0464. The Hall–Kier alpha value is -7.42. The Labute approximate surface area is 468 Å². The van der Waals surface area contributed by atoms with Crippen molar-refractivity contribution in [2.24, 2.45) is 0 Å². The quantitative estimate of drug-likeness (QED) is 0.135. The summed E-state index contributed by atoms with van der Waals surface area (Å²) >= 11 is 0. The molecule has 0 aromatic heterocycles. The fourth-order valence-electron chi connectivity index (χ4n) is 11.2. The molecule has 9 aromatic carbocycles. The van der Waals surface area contributed by atoms with Gasteiger partial charge in [-0.15, -0.1) is 0 Å². The van der Waals surface area contributed by atoms with E-state index in [2.05, 4.69) is 297 Å². The summed E-state index contributed by atoms with van der Waals surface area (Å²) in [7, 11) is 0. The number of fused-ring (bicyclic) bond motifs is 2. The molecule has 1 aliphatic rings. The molecule has 0 amide bonds. The standard InChI is InChI=1S/C76H81NO/c1-16-50(17-2)55-27-37-70-72(48-55)78-71-38-49(3)18-36-69(71)77(70)68-46-62(60-41-56(51-19-28-64(29-20-51)73(4,5)6)39-57(42-60)52-21-30-65(31-22-52)74(7,8)9)45-63(47-68)61-43-58(53-23-32-66(33-24-53)75(10,11)12)40-59(44-61)54-25-34-67(35-26-54)76(13,14)15/h18-48,50H,16-17H2,1-15H3. The molecule has 0 saturated carbocycles. The van der Waals surface area contributed by atoms with Crippen molar-refractivity contribution in [1.82, 2.24) is 0 Å². The van der Waals surface area contributed by atoms with Gasteiger partial charge < -0.3 is 9.64 Å². The van der Waals surface area contributed by atoms with Gasteiger partial charge in [-0.2, -0.15) is 0 Å². The fraction of sp³-hybridized carbons (Fsp3) is 0.289. The van der Waals surface area contributed by atoms with E-state index in [0.29, 0.717) is 5.92 Å². The predicted molar refractivity (Wildman–Crippen MR) is 337 cm³/mol. The fourth-order valence-corrected chi connectivity index (χ4v) is 11.2. The summed E-state index contributed by atoms with van der Waals surface area (Å²) in [5.41, 5.74) is 25.2. The van der Waals surface area contributed by atoms with Crippen molar-refractivity contribution in [1.29, 1.82) is 0 Å². The van der Waals surface area contributed by atoms with Crippen LogP contribution in [0.2, 0.25) is 0 Å². The number of hydrogen-bond donors (Lipinski definition) is 0. The molecule has 0 atom stereocenters. The molecule has 0 N–H and O–H groups in total. The molecule has 0 radical (unpaired) electrons. The van der Waals surface area contributed by atoms with Crippen LogP contribution in [-0.4, -0.2) is 0 Å². The molecule has 396 valence electrons. The third-order valence-electron chi connectivity index (χ3n) is 16.3. The second kappa shape index (κ2) is 20.8. The van der Waals surface area contributed by atoms with Gasteiger partial charge in [0.15, 0.2) is 11.5 Å². The van der Waals surface area contributed by atoms with Crippen LogP contribution in [0.4, 0.5) is 17.1 Å². The molecule has 0 bridgehead atoms. The summed E-state index contributed by atoms with van der Waals surface area (Å²) in [5, 5.41) is 0. The minimum atomic E-state index is 0.0464. The first-order valence-electron chi connectivity index (χ1n) is 28.6. The first-order chi connectivity index (χ1) is 36.9. The Bertz CT molecular complexity index is 3280. The Kier molecular flexibility index (Phi) is 14.4. The molecular formula is C76H81NO. The number of hydrogen-bond acceptors (Lipinski definition) is 2. The van der Waals surface area contributed by atoms with Gasteiger partial charge in [-0.25, -0.2) is 0 Å². The third-order valence-corrected chi connectivity index (χ3v) is 16.3. The van der Waals surface area contributed by atoms with Gasteiger partial charge >= 0.3 is 0 Å². The number of benzene rings is 9. The van der Waals surface area contributed by atoms with Crippen molar-refractivity contribution in [3.63, 3.8) is 0 Å². The number of anilines is 3. The maximum absolute atomic E-state index is 6.95. The topological polar surface area (TPSA) is 12.5 Å². The van der Waals surface area contributed by atoms with E-state index in [-0.39, 0.29) is 21.7 Å². The summed E-state index contributed by atoms with van der Waals surface area (Å²) < 4.78 is 6.95. The molecule has 1 heterocycles. The van der Waals surface area contributed by atoms with E-state index in [1.54, 1.807) is 0 Å². The highest BCUT2D eigenvalue weighted by Crippen LogP contribution is 2.53. The molecule has 10 rings (SSSR count). The first-order valence-corrected chi connectivity index (χ1v) is 28.6. The monoisotopic (exact) mass is 1020 g/mol. The molecule has 2 nitrogen and oxygen atoms in total. The van der Waals surface area contributed by atoms with Gasteiger partial charge in [0.1, 0.15) is 0 Å². The highest BCUT2D eigenvalue weighted by Gasteiger charge is 2.29. The van der Waals surface area contributed by atoms with Crippen LogP contribution in [0.1, 0.15) is 149 Å². The van der Waals surface area contributed by atoms with E-state index >= 15 is 0 Å². The van der Waals surface area contributed by atoms with Crippen molar-refractivity contribution in [3.8, 4) is 78.3 Å². The predicted octanol–water partition coefficient (Wildman–Crippen LogP) is 22.7. The van der Waals surface area contributed by atoms with E-state index in [9.17, 15) is 0 Å². The van der Waals surface area contributed by atoms with Crippen LogP contribution in [0.5, 0.6) is 11.5 Å². The van der Waals surface area contributed by atoms with E-state index in [4.69, 9.17) is 4.74 Å². The summed E-state index contributed by atoms with van der Waals surface area (Å²) in [6, 6.07) is 72.1. The highest BCUT2D eigenvalue weighted by atomic mass is 16.5. The average molecular weight is 1020 g/mol. The zero-order valence-electron chi connectivity index (χ0n) is 49.2. The second-order valence-corrected chi connectivity index (χ2v) is 26.3. The van der Waals surface area contributed by atoms with Gasteiger partial charge in [0.05, 0.1) is 11.4 Å². The van der Waals surface area contributed by atoms with Crippen LogP contribution in [-0.2, 0) is 21.7 Å². The molecule has 78 heavy (non-hydrogen) atoms. The SMILES string of the molecule is CCC(CC)c1ccc2c(c1)Oc1cc(C)ccc1N2c1cc(-c2cc(-c3ccc(C(C)(C)C)cc3)cc(-c3ccc(C(C)(C)C)cc3)c2)cc(-c2cc(-c3ccc(C(C)(C)C)cc3)cc(-c3ccc(C(C)(C)C)cc3)c2)c1. The van der Waals surface area contributed by atoms with Crippen LogP contribution in [0.15, 0.2) is 188 Å². The Morgan fingerprint density at radius 3 is 0.910 bits per heavy atom. The van der Waals surface area contributed by atoms with Gasteiger partial charge in [0.25, 0.3) is 0 Å². The van der Waals surface area contributed by atoms with Gasteiger partial charge in [0, 0.05) is 5.69 Å². The van der Waals surface area contributed by atoms with Crippen molar-refractivity contribution >= 4 is 17.1 Å². The molecule has 0 unspecified atom stereocenters. The van der Waals surface area contributed by atoms with Gasteiger partial charge in [-0.3, -0.25) is 0 Å². The number of aryl methyl sites for hydroxylation is 1. The number of rotatable bonds is 10. The lowest BCUT2D eigenvalue weighted by molar-refractivity contribution is 0.474. The molecule has 0 aliphatic carbocycles. The average Bonchev–Trinajstić information content (AvgIpc) is 3.49. The van der Waals surface area contributed by atoms with E-state index in [0.717, 1.165) is 69.2 Å². The normalized spacial score (nSPS) is 12.8. The molecule has 0 spiro atoms. The highest BCUT2D eigenvalue weighted by molar-refractivity contribution is 5.93. The van der Waals surface area contributed by atoms with Crippen molar-refractivity contribution < 1.29 is 4.74 Å². The zero-order chi connectivity index (χ0) is 55.5. The molecule has 9 aromatic rings. The van der Waals surface area contributed by atoms with Crippen LogP contribution in [0.3, 0.4) is 0 Å². The Morgan fingerprint density at radius 1 is 0.321 bits per heavy atom. The summed E-state index contributed by atoms with van der Waals surface area (Å²) in [4.78, 5) is 2.44. The zero-order valence-corrected chi connectivity index (χ0v) is 49.2. The maximum atomic E-state index is 6.95. The lowest BCUT2D eigenvalue weighted by atomic mass is 9.84. The molecular weight excluding hydrogens is 943 g/mol. The van der Waals surface area contributed by atoms with Crippen LogP contribution in [0, 0.1) is 6.92 Å². The van der Waals surface area contributed by atoms with Crippen molar-refractivity contribution in [2.45, 2.75) is 144 Å². The first kappa shape index (κ1) is 54.0. The van der Waals surface area contributed by atoms with Crippen LogP contribution >= 0.6 is 0 Å². The third kappa shape index (κ3) is 11.3. The van der Waals surface area contributed by atoms with Crippen molar-refractivity contribution in [2.75, 3.05) is 4.90 Å². The van der Waals surface area contributed by atoms with Gasteiger partial charge in [-0.05, 0) is 226 Å². The minimum Gasteiger partial charge on any atom is -0.453 e. The van der Waals surface area contributed by atoms with E-state index in [1.165, 1.54) is 72.3 Å². The molecule has 1 aliphatic heterocycles. The van der Waals surface area contributed by atoms with E-state index in [1.807, 2.05) is 0 Å². The second-order valence-electron chi connectivity index (χ2n) is 26.3. The van der Waals surface area contributed by atoms with Gasteiger partial charge in [0.2, 0.25) is 0 Å². The molecule has 0 fully saturated rings. The lowest BCUT2D eigenvalue weighted by Gasteiger charge is -2.34. The lowest BCUT2D eigenvalue weighted by Crippen LogP contribution is -2.16. The van der Waals surface area contributed by atoms with E-state index < -0.39 is 0 Å². The van der Waals surface area contributed by atoms with Gasteiger partial charge in [-0.1, -0.05) is 206 Å². The molecule has 0 saturated heterocycles. The Balaban J connectivity index is 1.25. The Morgan fingerprint density at radius 2 is 0.603 bits per heavy atom. The smallest absolute Gasteiger partial charge is 0.151 e.